The van der Waals surface area contributed by atoms with Gasteiger partial charge in [0.1, 0.15) is 11.7 Å². The van der Waals surface area contributed by atoms with Crippen molar-refractivity contribution >= 4 is 23.9 Å². The molecule has 2 heterocycles. The highest BCUT2D eigenvalue weighted by Crippen LogP contribution is 2.17. The summed E-state index contributed by atoms with van der Waals surface area (Å²) in [6, 6.07) is 9.64. The first kappa shape index (κ1) is 28.5. The van der Waals surface area contributed by atoms with Crippen LogP contribution in [0.15, 0.2) is 36.4 Å². The van der Waals surface area contributed by atoms with Crippen molar-refractivity contribution in [3.8, 4) is 11.4 Å². The first-order valence-corrected chi connectivity index (χ1v) is 12.5. The molecular formula is C26H33N5O7. The van der Waals surface area contributed by atoms with E-state index < -0.39 is 29.9 Å². The number of nitrogens with zero attached hydrogens (tertiary/aromatic N) is 4. The highest BCUT2D eigenvalue weighted by atomic mass is 16.6. The summed E-state index contributed by atoms with van der Waals surface area (Å²) in [5.41, 5.74) is 1.37. The molecule has 2 N–H and O–H groups in total. The number of nitrogens with one attached hydrogen (secondary N) is 1. The second-order valence-electron chi connectivity index (χ2n) is 8.65. The fraction of sp³-hybridized carbons (Fsp3) is 0.462. The number of carboxylic acid groups (broad SMARTS) is 1. The molecular weight excluding hydrogens is 494 g/mol. The maximum Gasteiger partial charge on any atom is 0.409 e. The molecule has 12 nitrogen and oxygen atoms in total. The molecule has 1 aliphatic rings. The van der Waals surface area contributed by atoms with Gasteiger partial charge >= 0.3 is 12.1 Å². The molecule has 204 valence electrons. The Morgan fingerprint density at radius 1 is 1.05 bits per heavy atom. The Hall–Kier alpha value is -4.06. The standard InChI is InChI=1S/C26H33N5O7/c1-3-38-26(36)31-14-12-30(13-15-31)25(35)20(9-10-22(32)33)29-24(34)21-17-19(11-16-37-2)27-23(28-21)18-7-5-4-6-8-18/h4-8,17,20H,3,9-16H2,1-2H3,(H,29,34)(H,32,33)/t20-/m0/s1. The molecule has 0 spiro atoms. The summed E-state index contributed by atoms with van der Waals surface area (Å²) >= 11 is 0. The van der Waals surface area contributed by atoms with Crippen molar-refractivity contribution in [2.75, 3.05) is 46.5 Å². The first-order valence-electron chi connectivity index (χ1n) is 12.5. The summed E-state index contributed by atoms with van der Waals surface area (Å²) in [4.78, 5) is 61.8. The minimum atomic E-state index is -1.08. The zero-order valence-electron chi connectivity index (χ0n) is 21.6. The van der Waals surface area contributed by atoms with Gasteiger partial charge in [-0.1, -0.05) is 30.3 Å². The second kappa shape index (κ2) is 14.0. The Morgan fingerprint density at radius 3 is 2.37 bits per heavy atom. The van der Waals surface area contributed by atoms with Gasteiger partial charge in [0.2, 0.25) is 5.91 Å². The number of carboxylic acids is 1. The molecule has 1 aromatic carbocycles. The van der Waals surface area contributed by atoms with Crippen LogP contribution in [0.5, 0.6) is 0 Å². The van der Waals surface area contributed by atoms with Crippen LogP contribution in [0.1, 0.15) is 35.9 Å². The number of hydrogen-bond acceptors (Lipinski definition) is 8. The van der Waals surface area contributed by atoms with Crippen molar-refractivity contribution in [3.63, 3.8) is 0 Å². The van der Waals surface area contributed by atoms with Crippen LogP contribution in [-0.4, -0.2) is 101 Å². The molecule has 12 heteroatoms. The summed E-state index contributed by atoms with van der Waals surface area (Å²) in [6.45, 7) is 3.40. The maximum atomic E-state index is 13.3. The monoisotopic (exact) mass is 527 g/mol. The molecule has 1 fully saturated rings. The number of amides is 3. The van der Waals surface area contributed by atoms with Gasteiger partial charge in [-0.3, -0.25) is 14.4 Å². The van der Waals surface area contributed by atoms with E-state index in [0.717, 1.165) is 5.56 Å². The number of carbonyl (C=O) groups is 4. The van der Waals surface area contributed by atoms with Gasteiger partial charge in [0.15, 0.2) is 5.82 Å². The minimum Gasteiger partial charge on any atom is -0.481 e. The number of methoxy groups -OCH3 is 1. The van der Waals surface area contributed by atoms with E-state index in [-0.39, 0.29) is 51.3 Å². The van der Waals surface area contributed by atoms with Crippen molar-refractivity contribution in [3.05, 3.63) is 47.8 Å². The van der Waals surface area contributed by atoms with Gasteiger partial charge in [0.25, 0.3) is 5.91 Å². The van der Waals surface area contributed by atoms with Crippen molar-refractivity contribution < 1.29 is 33.8 Å². The van der Waals surface area contributed by atoms with Gasteiger partial charge in [-0.25, -0.2) is 14.8 Å². The molecule has 1 aromatic heterocycles. The summed E-state index contributed by atoms with van der Waals surface area (Å²) in [7, 11) is 1.57. The van der Waals surface area contributed by atoms with E-state index in [1.165, 1.54) is 15.9 Å². The summed E-state index contributed by atoms with van der Waals surface area (Å²) < 4.78 is 10.2. The van der Waals surface area contributed by atoms with Gasteiger partial charge in [0, 0.05) is 57.4 Å². The van der Waals surface area contributed by atoms with Crippen molar-refractivity contribution in [2.24, 2.45) is 0 Å². The van der Waals surface area contributed by atoms with Gasteiger partial charge in [-0.05, 0) is 19.4 Å². The lowest BCUT2D eigenvalue weighted by atomic mass is 10.1. The lowest BCUT2D eigenvalue weighted by molar-refractivity contribution is -0.138. The zero-order valence-corrected chi connectivity index (χ0v) is 21.6. The smallest absolute Gasteiger partial charge is 0.409 e. The van der Waals surface area contributed by atoms with Crippen molar-refractivity contribution in [2.45, 2.75) is 32.2 Å². The van der Waals surface area contributed by atoms with Crippen molar-refractivity contribution in [1.29, 1.82) is 0 Å². The SMILES string of the molecule is CCOC(=O)N1CCN(C(=O)[C@H](CCC(=O)O)NC(=O)c2cc(CCOC)nc(-c3ccccc3)n2)CC1. The Labute approximate surface area is 220 Å². The Kier molecular flexibility index (Phi) is 10.5. The Bertz CT molecular complexity index is 1120. The summed E-state index contributed by atoms with van der Waals surface area (Å²) in [6.07, 6.45) is -0.397. The number of hydrogen-bond donors (Lipinski definition) is 2. The molecule has 1 saturated heterocycles. The van der Waals surface area contributed by atoms with Gasteiger partial charge in [-0.2, -0.15) is 0 Å². The Balaban J connectivity index is 1.78. The molecule has 0 radical (unpaired) electrons. The molecule has 3 amide bonds. The number of rotatable bonds is 11. The van der Waals surface area contributed by atoms with E-state index >= 15 is 0 Å². The lowest BCUT2D eigenvalue weighted by Gasteiger charge is -2.35. The van der Waals surface area contributed by atoms with E-state index in [2.05, 4.69) is 15.3 Å². The van der Waals surface area contributed by atoms with Crippen LogP contribution in [0.4, 0.5) is 4.79 Å². The van der Waals surface area contributed by atoms with E-state index in [0.29, 0.717) is 24.5 Å². The van der Waals surface area contributed by atoms with E-state index in [4.69, 9.17) is 9.47 Å². The van der Waals surface area contributed by atoms with Crippen LogP contribution in [0.25, 0.3) is 11.4 Å². The van der Waals surface area contributed by atoms with E-state index in [9.17, 15) is 24.3 Å². The lowest BCUT2D eigenvalue weighted by Crippen LogP contribution is -2.56. The largest absolute Gasteiger partial charge is 0.481 e. The molecule has 3 rings (SSSR count). The Morgan fingerprint density at radius 2 is 1.74 bits per heavy atom. The minimum absolute atomic E-state index is 0.0604. The number of ether oxygens (including phenoxy) is 2. The zero-order chi connectivity index (χ0) is 27.5. The van der Waals surface area contributed by atoms with Crippen LogP contribution in [0, 0.1) is 0 Å². The quantitative estimate of drug-likeness (QED) is 0.444. The first-order chi connectivity index (χ1) is 18.3. The predicted octanol–water partition coefficient (Wildman–Crippen LogP) is 1.60. The number of aliphatic carboxylic acids is 1. The van der Waals surface area contributed by atoms with Crippen LogP contribution >= 0.6 is 0 Å². The summed E-state index contributed by atoms with van der Waals surface area (Å²) in [5.74, 6) is -1.76. The van der Waals surface area contributed by atoms with Gasteiger partial charge in [-0.15, -0.1) is 0 Å². The molecule has 0 unspecified atom stereocenters. The molecule has 1 atom stereocenters. The summed E-state index contributed by atoms with van der Waals surface area (Å²) in [5, 5.41) is 11.9. The van der Waals surface area contributed by atoms with Crippen molar-refractivity contribution in [1.82, 2.24) is 25.1 Å². The van der Waals surface area contributed by atoms with E-state index in [1.54, 1.807) is 14.0 Å². The van der Waals surface area contributed by atoms with Crippen LogP contribution in [0.3, 0.4) is 0 Å². The van der Waals surface area contributed by atoms with Gasteiger partial charge in [0.05, 0.1) is 13.2 Å². The topological polar surface area (TPSA) is 151 Å². The van der Waals surface area contributed by atoms with Crippen LogP contribution < -0.4 is 5.32 Å². The number of piperazine rings is 1. The predicted molar refractivity (Wildman–Crippen MR) is 136 cm³/mol. The third-order valence-corrected chi connectivity index (χ3v) is 5.97. The molecule has 38 heavy (non-hydrogen) atoms. The van der Waals surface area contributed by atoms with Crippen LogP contribution in [-0.2, 0) is 25.5 Å². The fourth-order valence-corrected chi connectivity index (χ4v) is 3.97. The van der Waals surface area contributed by atoms with Crippen LogP contribution in [0.2, 0.25) is 0 Å². The number of carbonyl (C=O) groups excluding carboxylic acids is 3. The second-order valence-corrected chi connectivity index (χ2v) is 8.65. The molecule has 0 saturated carbocycles. The van der Waals surface area contributed by atoms with Gasteiger partial charge < -0.3 is 29.7 Å². The molecule has 0 bridgehead atoms. The third-order valence-electron chi connectivity index (χ3n) is 5.97. The molecule has 2 aromatic rings. The van der Waals surface area contributed by atoms with E-state index in [1.807, 2.05) is 30.3 Å². The average Bonchev–Trinajstić information content (AvgIpc) is 2.94. The average molecular weight is 528 g/mol. The maximum absolute atomic E-state index is 13.3. The molecule has 0 aliphatic carbocycles. The highest BCUT2D eigenvalue weighted by molar-refractivity contribution is 5.96. The molecule has 1 aliphatic heterocycles. The third kappa shape index (κ3) is 7.97. The normalized spacial score (nSPS) is 14.1. The highest BCUT2D eigenvalue weighted by Gasteiger charge is 2.31. The fourth-order valence-electron chi connectivity index (χ4n) is 3.97. The number of benzene rings is 1. The number of aromatic nitrogens is 2.